The van der Waals surface area contributed by atoms with Crippen molar-refractivity contribution in [2.75, 3.05) is 37.0 Å². The summed E-state index contributed by atoms with van der Waals surface area (Å²) in [5, 5.41) is 22.2. The minimum Gasteiger partial charge on any atom is -0.504 e. The van der Waals surface area contributed by atoms with Crippen LogP contribution in [0.1, 0.15) is 36.8 Å². The van der Waals surface area contributed by atoms with Gasteiger partial charge in [0, 0.05) is 19.0 Å². The molecule has 0 aliphatic carbocycles. The number of nitriles is 1. The molecular formula is C23H25N5O6. The van der Waals surface area contributed by atoms with Crippen molar-refractivity contribution in [3.05, 3.63) is 39.7 Å². The van der Waals surface area contributed by atoms with E-state index >= 15 is 0 Å². The Morgan fingerprint density at radius 3 is 2.88 bits per heavy atom. The van der Waals surface area contributed by atoms with Crippen LogP contribution in [0.2, 0.25) is 0 Å². The zero-order chi connectivity index (χ0) is 24.4. The maximum absolute atomic E-state index is 13.3. The molecule has 2 aliphatic rings. The summed E-state index contributed by atoms with van der Waals surface area (Å²) >= 11 is 0. The highest BCUT2D eigenvalue weighted by molar-refractivity contribution is 5.98. The van der Waals surface area contributed by atoms with E-state index in [-0.39, 0.29) is 40.7 Å². The number of methoxy groups -OCH3 is 1. The number of rotatable bonds is 5. The van der Waals surface area contributed by atoms with Gasteiger partial charge in [0.1, 0.15) is 11.7 Å². The summed E-state index contributed by atoms with van der Waals surface area (Å²) in [6.45, 7) is 2.94. The topological polar surface area (TPSA) is 158 Å². The Hall–Kier alpha value is -4.07. The predicted molar refractivity (Wildman–Crippen MR) is 121 cm³/mol. The predicted octanol–water partition coefficient (Wildman–Crippen LogP) is 1.49. The van der Waals surface area contributed by atoms with Crippen LogP contribution >= 0.6 is 0 Å². The van der Waals surface area contributed by atoms with Crippen LogP contribution in [-0.2, 0) is 14.3 Å². The fourth-order valence-corrected chi connectivity index (χ4v) is 4.52. The lowest BCUT2D eigenvalue weighted by Crippen LogP contribution is -2.43. The number of hydrogen-bond donors (Lipinski definition) is 3. The molecule has 2 aromatic rings. The van der Waals surface area contributed by atoms with Gasteiger partial charge in [-0.15, -0.1) is 0 Å². The summed E-state index contributed by atoms with van der Waals surface area (Å²) in [6, 6.07) is 6.39. The Labute approximate surface area is 195 Å². The van der Waals surface area contributed by atoms with E-state index in [4.69, 9.17) is 9.47 Å². The van der Waals surface area contributed by atoms with E-state index in [1.54, 1.807) is 11.8 Å². The summed E-state index contributed by atoms with van der Waals surface area (Å²) < 4.78 is 10.3. The fourth-order valence-electron chi connectivity index (χ4n) is 4.52. The molecule has 11 nitrogen and oxygen atoms in total. The summed E-state index contributed by atoms with van der Waals surface area (Å²) in [6.07, 6.45) is 1.39. The number of phenolic OH excluding ortho intramolecular Hbond substituents is 1. The lowest BCUT2D eigenvalue weighted by molar-refractivity contribution is -0.148. The number of esters is 1. The van der Waals surface area contributed by atoms with Gasteiger partial charge in [-0.1, -0.05) is 6.07 Å². The molecule has 0 saturated carbocycles. The molecule has 1 amide bonds. The number of benzene rings is 1. The van der Waals surface area contributed by atoms with Gasteiger partial charge in [0.25, 0.3) is 5.56 Å². The number of nitrogens with one attached hydrogen (secondary N) is 2. The maximum atomic E-state index is 13.3. The normalized spacial score (nSPS) is 21.7. The van der Waals surface area contributed by atoms with Gasteiger partial charge < -0.3 is 24.8 Å². The number of carbonyl (C=O) groups excluding carboxylic acids is 2. The molecule has 4 rings (SSSR count). The molecule has 1 aromatic carbocycles. The minimum absolute atomic E-state index is 0.0607. The van der Waals surface area contributed by atoms with Crippen LogP contribution in [0.25, 0.3) is 0 Å². The van der Waals surface area contributed by atoms with E-state index in [0.717, 1.165) is 0 Å². The van der Waals surface area contributed by atoms with Gasteiger partial charge in [-0.2, -0.15) is 10.2 Å². The van der Waals surface area contributed by atoms with Gasteiger partial charge in [0.15, 0.2) is 11.5 Å². The van der Waals surface area contributed by atoms with E-state index in [9.17, 15) is 24.8 Å². The number of piperidine rings is 1. The number of amides is 1. The number of phenols is 1. The molecule has 2 aliphatic heterocycles. The Balaban J connectivity index is 1.75. The average Bonchev–Trinajstić information content (AvgIpc) is 2.83. The van der Waals surface area contributed by atoms with Crippen molar-refractivity contribution in [3.8, 4) is 17.6 Å². The molecule has 3 unspecified atom stereocenters. The van der Waals surface area contributed by atoms with Crippen molar-refractivity contribution in [2.24, 2.45) is 11.8 Å². The number of ether oxygens (including phenoxy) is 2. The van der Waals surface area contributed by atoms with Gasteiger partial charge >= 0.3 is 5.97 Å². The minimum atomic E-state index is -1.18. The summed E-state index contributed by atoms with van der Waals surface area (Å²) in [7, 11) is 1.38. The van der Waals surface area contributed by atoms with Crippen molar-refractivity contribution in [2.45, 2.75) is 25.7 Å². The molecule has 11 heteroatoms. The number of anilines is 2. The van der Waals surface area contributed by atoms with Crippen LogP contribution in [-0.4, -0.2) is 53.8 Å². The van der Waals surface area contributed by atoms with Gasteiger partial charge in [0.05, 0.1) is 31.3 Å². The lowest BCUT2D eigenvalue weighted by atomic mass is 9.79. The van der Waals surface area contributed by atoms with Crippen LogP contribution in [0.3, 0.4) is 0 Å². The van der Waals surface area contributed by atoms with Crippen molar-refractivity contribution in [3.63, 3.8) is 0 Å². The SMILES string of the molecule is CCOC(=O)C1CCCN(c2nc3c(c(=O)[nH]2)C(c2ccc(O)c(OC)c2)C(C#N)C(=O)N3)C1. The molecular weight excluding hydrogens is 442 g/mol. The monoisotopic (exact) mass is 467 g/mol. The molecule has 1 fully saturated rings. The van der Waals surface area contributed by atoms with Crippen LogP contribution in [0.15, 0.2) is 23.0 Å². The molecule has 0 spiro atoms. The number of aromatic hydroxyl groups is 1. The molecule has 0 bridgehead atoms. The number of fused-ring (bicyclic) bond motifs is 1. The Bertz CT molecular complexity index is 1220. The van der Waals surface area contributed by atoms with Gasteiger partial charge in [-0.05, 0) is 37.5 Å². The number of carbonyl (C=O) groups is 2. The standard InChI is InChI=1S/C23H25N5O6/c1-3-34-22(32)13-5-4-8-28(11-13)23-26-19-18(21(31)27-23)17(14(10-24)20(30)25-19)12-6-7-15(29)16(9-12)33-2/h6-7,9,13-14,17,29H,3-5,8,11H2,1-2H3,(H2,25,26,27,30,31). The number of aromatic nitrogens is 2. The first-order chi connectivity index (χ1) is 16.4. The average molecular weight is 467 g/mol. The second-order valence-corrected chi connectivity index (χ2v) is 8.19. The van der Waals surface area contributed by atoms with Crippen LogP contribution in [0.5, 0.6) is 11.5 Å². The van der Waals surface area contributed by atoms with Crippen molar-refractivity contribution >= 4 is 23.6 Å². The van der Waals surface area contributed by atoms with E-state index in [0.29, 0.717) is 38.1 Å². The second-order valence-electron chi connectivity index (χ2n) is 8.19. The zero-order valence-corrected chi connectivity index (χ0v) is 18.8. The summed E-state index contributed by atoms with van der Waals surface area (Å²) in [5.41, 5.74) is 0.0924. The highest BCUT2D eigenvalue weighted by atomic mass is 16.5. The van der Waals surface area contributed by atoms with Gasteiger partial charge in [-0.25, -0.2) is 0 Å². The Morgan fingerprint density at radius 1 is 1.38 bits per heavy atom. The molecule has 3 heterocycles. The molecule has 1 saturated heterocycles. The number of aromatic amines is 1. The van der Waals surface area contributed by atoms with E-state index in [1.165, 1.54) is 25.3 Å². The first kappa shape index (κ1) is 23.1. The van der Waals surface area contributed by atoms with E-state index < -0.39 is 23.3 Å². The van der Waals surface area contributed by atoms with Gasteiger partial charge in [-0.3, -0.25) is 19.4 Å². The van der Waals surface area contributed by atoms with E-state index in [2.05, 4.69) is 15.3 Å². The summed E-state index contributed by atoms with van der Waals surface area (Å²) in [5.74, 6) is -2.98. The highest BCUT2D eigenvalue weighted by Crippen LogP contribution is 2.41. The largest absolute Gasteiger partial charge is 0.504 e. The van der Waals surface area contributed by atoms with Crippen molar-refractivity contribution in [1.29, 1.82) is 5.26 Å². The molecule has 178 valence electrons. The quantitative estimate of drug-likeness (QED) is 0.554. The lowest BCUT2D eigenvalue weighted by Gasteiger charge is -2.33. The smallest absolute Gasteiger partial charge is 0.310 e. The highest BCUT2D eigenvalue weighted by Gasteiger charge is 2.41. The van der Waals surface area contributed by atoms with Crippen LogP contribution < -0.4 is 20.5 Å². The Kier molecular flexibility index (Phi) is 6.40. The molecule has 3 atom stereocenters. The molecule has 3 N–H and O–H groups in total. The third-order valence-electron chi connectivity index (χ3n) is 6.15. The third kappa shape index (κ3) is 4.14. The molecule has 34 heavy (non-hydrogen) atoms. The second kappa shape index (κ2) is 9.43. The molecule has 0 radical (unpaired) electrons. The number of H-pyrrole nitrogens is 1. The van der Waals surface area contributed by atoms with Gasteiger partial charge in [0.2, 0.25) is 11.9 Å². The number of hydrogen-bond acceptors (Lipinski definition) is 9. The van der Waals surface area contributed by atoms with Crippen LogP contribution in [0.4, 0.5) is 11.8 Å². The molecule has 1 aromatic heterocycles. The van der Waals surface area contributed by atoms with Crippen molar-refractivity contribution < 1.29 is 24.2 Å². The first-order valence-electron chi connectivity index (χ1n) is 11.0. The first-order valence-corrected chi connectivity index (χ1v) is 11.0. The van der Waals surface area contributed by atoms with E-state index in [1.807, 2.05) is 6.07 Å². The maximum Gasteiger partial charge on any atom is 0.310 e. The number of nitrogens with zero attached hydrogens (tertiary/aromatic N) is 3. The third-order valence-corrected chi connectivity index (χ3v) is 6.15. The summed E-state index contributed by atoms with van der Waals surface area (Å²) in [4.78, 5) is 47.3. The fraction of sp³-hybridized carbons (Fsp3) is 0.435. The van der Waals surface area contributed by atoms with Crippen LogP contribution in [0, 0.1) is 23.2 Å². The zero-order valence-electron chi connectivity index (χ0n) is 18.8. The Morgan fingerprint density at radius 2 is 2.18 bits per heavy atom. The van der Waals surface area contributed by atoms with Crippen molar-refractivity contribution in [1.82, 2.24) is 9.97 Å².